The minimum absolute atomic E-state index is 0.161. The van der Waals surface area contributed by atoms with Gasteiger partial charge < -0.3 is 34.3 Å². The number of rotatable bonds is 29. The van der Waals surface area contributed by atoms with Gasteiger partial charge in [-0.15, -0.1) is 9.60 Å². The molecule has 0 aliphatic carbocycles. The molecule has 0 unspecified atom stereocenters. The number of unbranched alkanes of at least 4 members (excludes halogenated alkanes) is 5. The van der Waals surface area contributed by atoms with Crippen molar-refractivity contribution in [3.63, 3.8) is 0 Å². The number of nitrogens with one attached hydrogen (secondary N) is 2. The first kappa shape index (κ1) is 46.2. The lowest BCUT2D eigenvalue weighted by Gasteiger charge is -2.42. The number of esters is 1. The molecule has 0 bridgehead atoms. The molecular weight excluding hydrogens is 742 g/mol. The Morgan fingerprint density at radius 2 is 1.47 bits per heavy atom. The number of carbonyl (C=O) groups excluding carboxylic acids is 1. The van der Waals surface area contributed by atoms with Crippen LogP contribution in [-0.2, 0) is 23.7 Å². The summed E-state index contributed by atoms with van der Waals surface area (Å²) in [5.41, 5.74) is 3.98. The number of pyridine rings is 1. The number of hydrogen-bond acceptors (Lipinski definition) is 12. The standard InChI is InChI=1S/C45H64FN5O7/c1-36(39-20-24-47-25-21-39)48-38(3)45(22-26-50(46)27-23-45)49-41-13-12-14-42(35-41)51(53)37(2)40-16-18-43(19-17-40)58-30-11-6-5-9-28-55-31-33-57-34-32-56-29-10-7-8-15-44(52)54-4/h12-14,16-21,24-25,35,37,48-49,53H,1,3,5-11,15,22-23,26-34H2,2,4H3/t37-/m0/s1. The summed E-state index contributed by atoms with van der Waals surface area (Å²) in [5, 5.41) is 20.4. The summed E-state index contributed by atoms with van der Waals surface area (Å²) in [6, 6.07) is 18.8. The summed E-state index contributed by atoms with van der Waals surface area (Å²) in [6.45, 7) is 15.3. The lowest BCUT2D eigenvalue weighted by molar-refractivity contribution is -0.140. The predicted molar refractivity (Wildman–Crippen MR) is 226 cm³/mol. The molecule has 2 aromatic carbocycles. The molecule has 0 radical (unpaired) electrons. The number of ether oxygens (including phenoxy) is 5. The molecule has 4 rings (SSSR count). The lowest BCUT2D eigenvalue weighted by atomic mass is 9.84. The molecule has 1 fully saturated rings. The summed E-state index contributed by atoms with van der Waals surface area (Å²) >= 11 is 0. The van der Waals surface area contributed by atoms with Crippen molar-refractivity contribution in [3.8, 4) is 5.75 Å². The van der Waals surface area contributed by atoms with Crippen molar-refractivity contribution in [2.75, 3.05) is 76.8 Å². The highest BCUT2D eigenvalue weighted by Gasteiger charge is 2.38. The molecule has 1 aromatic heterocycles. The molecule has 0 amide bonds. The number of piperidine rings is 1. The molecule has 58 heavy (non-hydrogen) atoms. The van der Waals surface area contributed by atoms with E-state index in [-0.39, 0.29) is 25.1 Å². The first-order valence-corrected chi connectivity index (χ1v) is 20.6. The van der Waals surface area contributed by atoms with Crippen LogP contribution in [0.1, 0.15) is 88.3 Å². The Morgan fingerprint density at radius 3 is 2.10 bits per heavy atom. The van der Waals surface area contributed by atoms with Crippen LogP contribution in [0.4, 0.5) is 15.9 Å². The van der Waals surface area contributed by atoms with Gasteiger partial charge in [0.15, 0.2) is 0 Å². The zero-order valence-corrected chi connectivity index (χ0v) is 34.5. The van der Waals surface area contributed by atoms with Gasteiger partial charge in [-0.2, -0.15) is 0 Å². The second-order valence-corrected chi connectivity index (χ2v) is 14.6. The Kier molecular flexibility index (Phi) is 20.5. The third kappa shape index (κ3) is 16.0. The van der Waals surface area contributed by atoms with Crippen molar-refractivity contribution < 1.29 is 38.2 Å². The van der Waals surface area contributed by atoms with E-state index in [1.807, 2.05) is 67.6 Å². The number of nitrogens with zero attached hydrogens (tertiary/aromatic N) is 3. The van der Waals surface area contributed by atoms with Crippen LogP contribution in [0.15, 0.2) is 91.9 Å². The highest BCUT2D eigenvalue weighted by molar-refractivity contribution is 5.69. The Bertz CT molecular complexity index is 1640. The van der Waals surface area contributed by atoms with E-state index in [1.54, 1.807) is 12.4 Å². The van der Waals surface area contributed by atoms with Gasteiger partial charge >= 0.3 is 5.97 Å². The molecule has 2 heterocycles. The van der Waals surface area contributed by atoms with Crippen molar-refractivity contribution in [3.05, 3.63) is 103 Å². The number of methoxy groups -OCH3 is 1. The number of hydrogen-bond donors (Lipinski definition) is 3. The molecule has 12 nitrogen and oxygen atoms in total. The molecule has 1 aliphatic heterocycles. The third-order valence-corrected chi connectivity index (χ3v) is 10.3. The van der Waals surface area contributed by atoms with Crippen LogP contribution in [0, 0.1) is 0 Å². The molecule has 1 atom stereocenters. The Morgan fingerprint density at radius 1 is 0.862 bits per heavy atom. The number of hydroxylamine groups is 1. The molecule has 1 aliphatic rings. The number of carbonyl (C=O) groups is 1. The van der Waals surface area contributed by atoms with Gasteiger partial charge in [-0.3, -0.25) is 15.0 Å². The maximum Gasteiger partial charge on any atom is 0.305 e. The van der Waals surface area contributed by atoms with E-state index in [4.69, 9.17) is 18.9 Å². The first-order valence-electron chi connectivity index (χ1n) is 20.6. The van der Waals surface area contributed by atoms with Crippen molar-refractivity contribution >= 4 is 23.0 Å². The fraction of sp³-hybridized carbons (Fsp3) is 0.511. The third-order valence-electron chi connectivity index (χ3n) is 10.3. The highest BCUT2D eigenvalue weighted by atomic mass is 19.2. The molecule has 0 saturated carbocycles. The van der Waals surface area contributed by atoms with Gasteiger partial charge in [-0.1, -0.05) is 44.2 Å². The van der Waals surface area contributed by atoms with E-state index in [1.165, 1.54) is 12.2 Å². The summed E-state index contributed by atoms with van der Waals surface area (Å²) < 4.78 is 41.6. The van der Waals surface area contributed by atoms with Gasteiger partial charge in [0.05, 0.1) is 57.4 Å². The number of anilines is 2. The van der Waals surface area contributed by atoms with Crippen LogP contribution < -0.4 is 20.4 Å². The molecule has 318 valence electrons. The maximum atomic E-state index is 14.2. The maximum absolute atomic E-state index is 14.2. The Balaban J connectivity index is 1.10. The van der Waals surface area contributed by atoms with Crippen molar-refractivity contribution in [2.45, 2.75) is 82.7 Å². The van der Waals surface area contributed by atoms with Gasteiger partial charge in [-0.25, -0.2) is 5.06 Å². The first-order chi connectivity index (χ1) is 28.2. The zero-order valence-electron chi connectivity index (χ0n) is 34.5. The summed E-state index contributed by atoms with van der Waals surface area (Å²) in [5.74, 6) is 0.631. The molecule has 1 saturated heterocycles. The smallest absolute Gasteiger partial charge is 0.305 e. The van der Waals surface area contributed by atoms with Crippen LogP contribution >= 0.6 is 0 Å². The fourth-order valence-electron chi connectivity index (χ4n) is 6.64. The highest BCUT2D eigenvalue weighted by Crippen LogP contribution is 2.35. The SMILES string of the molecule is C=C(NC(=C)C1(Nc2cccc(N(O)[C@@H](C)c3ccc(OCCCCCCOCCOCCOCCCCCC(=O)OC)cc3)c2)CCN(F)CC1)c1ccncc1. The largest absolute Gasteiger partial charge is 0.494 e. The van der Waals surface area contributed by atoms with Crippen molar-refractivity contribution in [1.29, 1.82) is 0 Å². The van der Waals surface area contributed by atoms with E-state index in [2.05, 4.69) is 33.5 Å². The second-order valence-electron chi connectivity index (χ2n) is 14.6. The van der Waals surface area contributed by atoms with E-state index >= 15 is 0 Å². The minimum atomic E-state index is -0.641. The zero-order chi connectivity index (χ0) is 41.4. The molecule has 13 heteroatoms. The van der Waals surface area contributed by atoms with Crippen LogP contribution in [-0.4, -0.2) is 93.3 Å². The second kappa shape index (κ2) is 25.8. The van der Waals surface area contributed by atoms with Gasteiger partial charge in [-0.05, 0) is 99.9 Å². The molecular formula is C45H64FN5O7. The Hall–Kier alpha value is -4.53. The fourth-order valence-corrected chi connectivity index (χ4v) is 6.64. The predicted octanol–water partition coefficient (Wildman–Crippen LogP) is 8.67. The van der Waals surface area contributed by atoms with E-state index < -0.39 is 5.54 Å². The summed E-state index contributed by atoms with van der Waals surface area (Å²) in [4.78, 5) is 15.2. The summed E-state index contributed by atoms with van der Waals surface area (Å²) in [6.07, 6.45) is 11.7. The molecule has 0 spiro atoms. The van der Waals surface area contributed by atoms with Gasteiger partial charge in [0.25, 0.3) is 0 Å². The van der Waals surface area contributed by atoms with E-state index in [9.17, 15) is 14.5 Å². The summed E-state index contributed by atoms with van der Waals surface area (Å²) in [7, 11) is 1.41. The lowest BCUT2D eigenvalue weighted by Crippen LogP contribution is -2.51. The van der Waals surface area contributed by atoms with E-state index in [0.717, 1.165) is 72.6 Å². The average molecular weight is 806 g/mol. The van der Waals surface area contributed by atoms with Gasteiger partial charge in [0.2, 0.25) is 0 Å². The van der Waals surface area contributed by atoms with Crippen molar-refractivity contribution in [2.24, 2.45) is 0 Å². The quantitative estimate of drug-likeness (QED) is 0.0269. The topological polar surface area (TPSA) is 127 Å². The number of halogens is 1. The normalized spacial score (nSPS) is 14.3. The van der Waals surface area contributed by atoms with Crippen LogP contribution in [0.2, 0.25) is 0 Å². The molecule has 3 N–H and O–H groups in total. The van der Waals surface area contributed by atoms with Gasteiger partial charge in [0, 0.05) is 67.8 Å². The van der Waals surface area contributed by atoms with Crippen LogP contribution in [0.25, 0.3) is 5.70 Å². The number of aromatic nitrogens is 1. The van der Waals surface area contributed by atoms with Gasteiger partial charge in [0.1, 0.15) is 5.75 Å². The average Bonchev–Trinajstić information content (AvgIpc) is 3.25. The number of benzene rings is 2. The molecule has 3 aromatic rings. The minimum Gasteiger partial charge on any atom is -0.494 e. The Labute approximate surface area is 344 Å². The van der Waals surface area contributed by atoms with Crippen molar-refractivity contribution in [1.82, 2.24) is 15.4 Å². The monoisotopic (exact) mass is 805 g/mol. The van der Waals surface area contributed by atoms with E-state index in [0.29, 0.717) is 82.6 Å². The van der Waals surface area contributed by atoms with Crippen LogP contribution in [0.5, 0.6) is 5.75 Å². The van der Waals surface area contributed by atoms with Crippen LogP contribution in [0.3, 0.4) is 0 Å².